The number of hydrogen-bond acceptors (Lipinski definition) is 3. The van der Waals surface area contributed by atoms with Crippen molar-refractivity contribution in [1.82, 2.24) is 4.98 Å². The molecule has 0 atom stereocenters. The fraction of sp³-hybridized carbons (Fsp3) is 0.100. The number of benzene rings is 1. The summed E-state index contributed by atoms with van der Waals surface area (Å²) in [6.07, 6.45) is 1.44. The minimum absolute atomic E-state index is 0.283. The molecule has 2 aromatic rings. The monoisotopic (exact) mass is 191 g/mol. The second kappa shape index (κ2) is 2.83. The summed E-state index contributed by atoms with van der Waals surface area (Å²) in [5, 5.41) is 0.698. The van der Waals surface area contributed by atoms with Gasteiger partial charge in [0.05, 0.1) is 23.1 Å². The van der Waals surface area contributed by atoms with Gasteiger partial charge in [0.25, 0.3) is 0 Å². The maximum atomic E-state index is 13.2. The Balaban J connectivity index is 2.89. The molecule has 72 valence electrons. The van der Waals surface area contributed by atoms with Crippen LogP contribution in [0.3, 0.4) is 0 Å². The normalized spacial score (nSPS) is 10.7. The molecule has 0 aliphatic carbocycles. The number of anilines is 2. The average molecular weight is 191 g/mol. The summed E-state index contributed by atoms with van der Waals surface area (Å²) in [5.74, 6) is -0.283. The molecule has 0 aliphatic rings. The quantitative estimate of drug-likeness (QED) is 0.667. The first-order valence-electron chi connectivity index (χ1n) is 4.19. The van der Waals surface area contributed by atoms with Crippen LogP contribution in [0, 0.1) is 12.7 Å². The van der Waals surface area contributed by atoms with Crippen LogP contribution in [0.4, 0.5) is 15.8 Å². The lowest BCUT2D eigenvalue weighted by atomic mass is 10.1. The number of pyridine rings is 1. The van der Waals surface area contributed by atoms with Crippen LogP contribution in [-0.2, 0) is 0 Å². The number of aryl methyl sites for hydroxylation is 1. The van der Waals surface area contributed by atoms with Crippen LogP contribution in [0.2, 0.25) is 0 Å². The first kappa shape index (κ1) is 8.74. The van der Waals surface area contributed by atoms with E-state index in [0.29, 0.717) is 27.8 Å². The first-order chi connectivity index (χ1) is 6.59. The van der Waals surface area contributed by atoms with Crippen LogP contribution in [-0.4, -0.2) is 4.98 Å². The Kier molecular flexibility index (Phi) is 1.77. The van der Waals surface area contributed by atoms with Gasteiger partial charge in [0.2, 0.25) is 0 Å². The predicted molar refractivity (Wildman–Crippen MR) is 55.3 cm³/mol. The molecule has 0 fully saturated rings. The van der Waals surface area contributed by atoms with Gasteiger partial charge >= 0.3 is 0 Å². The Morgan fingerprint density at radius 2 is 2.00 bits per heavy atom. The Bertz CT molecular complexity index is 508. The van der Waals surface area contributed by atoms with Gasteiger partial charge in [-0.3, -0.25) is 4.98 Å². The van der Waals surface area contributed by atoms with Crippen LogP contribution >= 0.6 is 0 Å². The molecule has 1 heterocycles. The number of aromatic nitrogens is 1. The highest BCUT2D eigenvalue weighted by Crippen LogP contribution is 2.26. The van der Waals surface area contributed by atoms with E-state index in [9.17, 15) is 4.39 Å². The second-order valence-corrected chi connectivity index (χ2v) is 3.25. The molecule has 0 amide bonds. The molecule has 0 bridgehead atoms. The zero-order chi connectivity index (χ0) is 10.3. The summed E-state index contributed by atoms with van der Waals surface area (Å²) in [7, 11) is 0. The number of nitrogen functional groups attached to an aromatic ring is 2. The summed E-state index contributed by atoms with van der Waals surface area (Å²) in [5.41, 5.74) is 13.3. The molecule has 0 spiro atoms. The van der Waals surface area contributed by atoms with E-state index in [-0.39, 0.29) is 5.82 Å². The van der Waals surface area contributed by atoms with E-state index in [2.05, 4.69) is 4.98 Å². The van der Waals surface area contributed by atoms with Crippen molar-refractivity contribution in [2.24, 2.45) is 0 Å². The van der Waals surface area contributed by atoms with Crippen LogP contribution in [0.25, 0.3) is 10.9 Å². The lowest BCUT2D eigenvalue weighted by molar-refractivity contribution is 0.620. The van der Waals surface area contributed by atoms with Crippen LogP contribution in [0.5, 0.6) is 0 Å². The van der Waals surface area contributed by atoms with Crippen molar-refractivity contribution in [3.05, 3.63) is 29.7 Å². The van der Waals surface area contributed by atoms with Gasteiger partial charge in [-0.25, -0.2) is 4.39 Å². The first-order valence-corrected chi connectivity index (χ1v) is 4.19. The zero-order valence-electron chi connectivity index (χ0n) is 7.71. The molecule has 0 saturated heterocycles. The van der Waals surface area contributed by atoms with Gasteiger partial charge in [0.15, 0.2) is 0 Å². The molecule has 0 aliphatic heterocycles. The van der Waals surface area contributed by atoms with E-state index < -0.39 is 0 Å². The third-order valence-electron chi connectivity index (χ3n) is 2.22. The fourth-order valence-corrected chi connectivity index (χ4v) is 1.36. The SMILES string of the molecule is Cc1cc2c(N)c(N)cnc2cc1F. The van der Waals surface area contributed by atoms with Crippen molar-refractivity contribution in [2.45, 2.75) is 6.92 Å². The molecule has 0 unspecified atom stereocenters. The number of nitrogens with two attached hydrogens (primary N) is 2. The van der Waals surface area contributed by atoms with E-state index in [0.717, 1.165) is 0 Å². The average Bonchev–Trinajstić information content (AvgIpc) is 2.15. The Morgan fingerprint density at radius 1 is 1.29 bits per heavy atom. The van der Waals surface area contributed by atoms with E-state index in [4.69, 9.17) is 11.5 Å². The van der Waals surface area contributed by atoms with Crippen LogP contribution < -0.4 is 11.5 Å². The van der Waals surface area contributed by atoms with Crippen molar-refractivity contribution >= 4 is 22.3 Å². The van der Waals surface area contributed by atoms with Gasteiger partial charge in [-0.05, 0) is 18.6 Å². The van der Waals surface area contributed by atoms with Gasteiger partial charge < -0.3 is 11.5 Å². The van der Waals surface area contributed by atoms with Gasteiger partial charge in [-0.15, -0.1) is 0 Å². The number of rotatable bonds is 0. The summed E-state index contributed by atoms with van der Waals surface area (Å²) in [6, 6.07) is 3.02. The molecular weight excluding hydrogens is 181 g/mol. The summed E-state index contributed by atoms with van der Waals surface area (Å²) in [6.45, 7) is 1.68. The van der Waals surface area contributed by atoms with Gasteiger partial charge in [0, 0.05) is 11.5 Å². The molecule has 1 aromatic carbocycles. The topological polar surface area (TPSA) is 64.9 Å². The van der Waals surface area contributed by atoms with Crippen LogP contribution in [0.15, 0.2) is 18.3 Å². The second-order valence-electron chi connectivity index (χ2n) is 3.25. The number of hydrogen-bond donors (Lipinski definition) is 2. The smallest absolute Gasteiger partial charge is 0.128 e. The minimum atomic E-state index is -0.283. The van der Waals surface area contributed by atoms with Gasteiger partial charge in [-0.1, -0.05) is 0 Å². The van der Waals surface area contributed by atoms with E-state index in [1.54, 1.807) is 13.0 Å². The highest BCUT2D eigenvalue weighted by molar-refractivity contribution is 5.95. The van der Waals surface area contributed by atoms with E-state index in [1.807, 2.05) is 0 Å². The Morgan fingerprint density at radius 3 is 2.71 bits per heavy atom. The number of fused-ring (bicyclic) bond motifs is 1. The predicted octanol–water partition coefficient (Wildman–Crippen LogP) is 1.85. The lowest BCUT2D eigenvalue weighted by Crippen LogP contribution is -1.98. The van der Waals surface area contributed by atoms with Crippen molar-refractivity contribution in [3.8, 4) is 0 Å². The van der Waals surface area contributed by atoms with Crippen molar-refractivity contribution in [1.29, 1.82) is 0 Å². The number of halogens is 1. The fourth-order valence-electron chi connectivity index (χ4n) is 1.36. The Labute approximate surface area is 80.5 Å². The molecular formula is C10H10FN3. The van der Waals surface area contributed by atoms with Gasteiger partial charge in [0.1, 0.15) is 5.82 Å². The van der Waals surface area contributed by atoms with E-state index in [1.165, 1.54) is 12.3 Å². The molecule has 0 radical (unpaired) electrons. The molecule has 2 rings (SSSR count). The molecule has 3 nitrogen and oxygen atoms in total. The maximum Gasteiger partial charge on any atom is 0.128 e. The minimum Gasteiger partial charge on any atom is -0.396 e. The summed E-state index contributed by atoms with van der Waals surface area (Å²) < 4.78 is 13.2. The highest BCUT2D eigenvalue weighted by Gasteiger charge is 2.06. The molecule has 4 heteroatoms. The van der Waals surface area contributed by atoms with Gasteiger partial charge in [-0.2, -0.15) is 0 Å². The molecule has 1 aromatic heterocycles. The molecule has 14 heavy (non-hydrogen) atoms. The summed E-state index contributed by atoms with van der Waals surface area (Å²) >= 11 is 0. The standard InChI is InChI=1S/C10H10FN3/c1-5-2-6-9(3-7(5)11)14-4-8(12)10(6)13/h2-4H,12H2,1H3,(H2,13,14). The molecule has 0 saturated carbocycles. The third-order valence-corrected chi connectivity index (χ3v) is 2.22. The van der Waals surface area contributed by atoms with Crippen LogP contribution in [0.1, 0.15) is 5.56 Å². The zero-order valence-corrected chi connectivity index (χ0v) is 7.71. The van der Waals surface area contributed by atoms with Crippen molar-refractivity contribution < 1.29 is 4.39 Å². The lowest BCUT2D eigenvalue weighted by Gasteiger charge is -2.05. The number of nitrogens with zero attached hydrogens (tertiary/aromatic N) is 1. The highest BCUT2D eigenvalue weighted by atomic mass is 19.1. The van der Waals surface area contributed by atoms with E-state index >= 15 is 0 Å². The van der Waals surface area contributed by atoms with Crippen molar-refractivity contribution in [3.63, 3.8) is 0 Å². The Hall–Kier alpha value is -1.84. The summed E-state index contributed by atoms with van der Waals surface area (Å²) in [4.78, 5) is 4.00. The van der Waals surface area contributed by atoms with Crippen molar-refractivity contribution in [2.75, 3.05) is 11.5 Å². The maximum absolute atomic E-state index is 13.2. The molecule has 4 N–H and O–H groups in total. The largest absolute Gasteiger partial charge is 0.396 e. The third kappa shape index (κ3) is 1.16.